The van der Waals surface area contributed by atoms with Crippen molar-refractivity contribution >= 4 is 21.9 Å². The second-order valence-electron chi connectivity index (χ2n) is 6.15. The van der Waals surface area contributed by atoms with Crippen molar-refractivity contribution in [1.82, 2.24) is 0 Å². The molecule has 5 nitrogen and oxygen atoms in total. The van der Waals surface area contributed by atoms with Gasteiger partial charge in [-0.3, -0.25) is 4.79 Å². The van der Waals surface area contributed by atoms with Gasteiger partial charge in [0.1, 0.15) is 5.82 Å². The lowest BCUT2D eigenvalue weighted by Crippen LogP contribution is -2.57. The Bertz CT molecular complexity index is 586. The Labute approximate surface area is 149 Å². The van der Waals surface area contributed by atoms with Gasteiger partial charge in [-0.15, -0.1) is 0 Å². The summed E-state index contributed by atoms with van der Waals surface area (Å²) in [6.07, 6.45) is 1.80. The number of carbonyl (C=O) groups is 1. The Balaban J connectivity index is 2.16. The van der Waals surface area contributed by atoms with Gasteiger partial charge in [0.25, 0.3) is 0 Å². The van der Waals surface area contributed by atoms with E-state index in [-0.39, 0.29) is 24.7 Å². The van der Waals surface area contributed by atoms with E-state index in [4.69, 9.17) is 15.2 Å². The molecule has 3 atom stereocenters. The Morgan fingerprint density at radius 2 is 2.33 bits per heavy atom. The number of carboxylic acid groups (broad SMARTS) is 1. The van der Waals surface area contributed by atoms with Crippen LogP contribution in [0, 0.1) is 11.7 Å². The van der Waals surface area contributed by atoms with Gasteiger partial charge in [0.05, 0.1) is 30.8 Å². The normalized spacial score (nSPS) is 27.2. The first-order chi connectivity index (χ1) is 11.4. The van der Waals surface area contributed by atoms with Crippen molar-refractivity contribution in [3.05, 3.63) is 34.1 Å². The Morgan fingerprint density at radius 1 is 1.58 bits per heavy atom. The molecule has 1 aromatic rings. The van der Waals surface area contributed by atoms with Gasteiger partial charge in [-0.1, -0.05) is 29.3 Å². The summed E-state index contributed by atoms with van der Waals surface area (Å²) < 4.78 is 26.1. The van der Waals surface area contributed by atoms with E-state index in [1.54, 1.807) is 6.07 Å². The van der Waals surface area contributed by atoms with Gasteiger partial charge in [0.2, 0.25) is 0 Å². The molecular formula is C17H23BrFNO4. The molecule has 0 amide bonds. The standard InChI is InChI=1S/C17H23BrFNO4/c1-2-3-6-23-9-12-8-14(16(21)22)17(20,10-24-12)13-7-11(18)4-5-15(13)19/h4-5,7,12,14H,2-3,6,8-10,20H2,1H3,(H,21,22)/t12-,14+,17-/m1/s1. The molecule has 0 aromatic heterocycles. The molecule has 1 aromatic carbocycles. The number of unbranched alkanes of at least 4 members (excludes halogenated alkanes) is 1. The summed E-state index contributed by atoms with van der Waals surface area (Å²) in [7, 11) is 0. The van der Waals surface area contributed by atoms with Gasteiger partial charge in [-0.2, -0.15) is 0 Å². The van der Waals surface area contributed by atoms with Gasteiger partial charge in [0.15, 0.2) is 0 Å². The number of aliphatic carboxylic acids is 1. The minimum Gasteiger partial charge on any atom is -0.481 e. The Kier molecular flexibility index (Phi) is 6.74. The fraction of sp³-hybridized carbons (Fsp3) is 0.588. The highest BCUT2D eigenvalue weighted by molar-refractivity contribution is 9.10. The van der Waals surface area contributed by atoms with Crippen LogP contribution in [-0.2, 0) is 19.8 Å². The zero-order chi connectivity index (χ0) is 17.7. The third kappa shape index (κ3) is 4.33. The summed E-state index contributed by atoms with van der Waals surface area (Å²) in [6.45, 7) is 2.93. The first kappa shape index (κ1) is 19.3. The maximum absolute atomic E-state index is 14.2. The molecule has 0 radical (unpaired) electrons. The minimum absolute atomic E-state index is 0.0703. The van der Waals surface area contributed by atoms with Crippen LogP contribution in [0.25, 0.3) is 0 Å². The highest BCUT2D eigenvalue weighted by Gasteiger charge is 2.48. The lowest BCUT2D eigenvalue weighted by molar-refractivity contribution is -0.157. The van der Waals surface area contributed by atoms with Crippen LogP contribution in [-0.4, -0.2) is 37.0 Å². The summed E-state index contributed by atoms with van der Waals surface area (Å²) in [4.78, 5) is 11.8. The average molecular weight is 404 g/mol. The van der Waals surface area contributed by atoms with Crippen molar-refractivity contribution < 1.29 is 23.8 Å². The highest BCUT2D eigenvalue weighted by Crippen LogP contribution is 2.38. The first-order valence-corrected chi connectivity index (χ1v) is 8.84. The second kappa shape index (κ2) is 8.38. The lowest BCUT2D eigenvalue weighted by Gasteiger charge is -2.42. The lowest BCUT2D eigenvalue weighted by atomic mass is 9.74. The van der Waals surface area contributed by atoms with E-state index in [0.717, 1.165) is 12.8 Å². The summed E-state index contributed by atoms with van der Waals surface area (Å²) in [5.41, 5.74) is 5.06. The van der Waals surface area contributed by atoms with Crippen molar-refractivity contribution in [2.75, 3.05) is 19.8 Å². The van der Waals surface area contributed by atoms with Crippen molar-refractivity contribution in [1.29, 1.82) is 0 Å². The molecule has 3 N–H and O–H groups in total. The monoisotopic (exact) mass is 403 g/mol. The molecular weight excluding hydrogens is 381 g/mol. The predicted molar refractivity (Wildman–Crippen MR) is 91.2 cm³/mol. The van der Waals surface area contributed by atoms with Crippen molar-refractivity contribution in [2.45, 2.75) is 37.8 Å². The van der Waals surface area contributed by atoms with E-state index in [1.807, 2.05) is 0 Å². The van der Waals surface area contributed by atoms with E-state index in [1.165, 1.54) is 12.1 Å². The summed E-state index contributed by atoms with van der Waals surface area (Å²) >= 11 is 3.27. The van der Waals surface area contributed by atoms with E-state index in [0.29, 0.717) is 17.7 Å². The maximum Gasteiger partial charge on any atom is 0.308 e. The molecule has 0 aliphatic carbocycles. The quantitative estimate of drug-likeness (QED) is 0.683. The first-order valence-electron chi connectivity index (χ1n) is 8.05. The molecule has 1 aliphatic heterocycles. The van der Waals surface area contributed by atoms with Gasteiger partial charge < -0.3 is 20.3 Å². The topological polar surface area (TPSA) is 81.8 Å². The van der Waals surface area contributed by atoms with Crippen LogP contribution in [0.2, 0.25) is 0 Å². The van der Waals surface area contributed by atoms with Gasteiger partial charge in [-0.05, 0) is 31.0 Å². The SMILES string of the molecule is CCCCOC[C@H]1C[C@@H](C(=O)O)[C@](N)(c2cc(Br)ccc2F)CO1. The molecule has 134 valence electrons. The van der Waals surface area contributed by atoms with Gasteiger partial charge in [-0.25, -0.2) is 4.39 Å². The maximum atomic E-state index is 14.2. The van der Waals surface area contributed by atoms with E-state index in [9.17, 15) is 14.3 Å². The fourth-order valence-electron chi connectivity index (χ4n) is 2.92. The average Bonchev–Trinajstić information content (AvgIpc) is 2.55. The molecule has 24 heavy (non-hydrogen) atoms. The smallest absolute Gasteiger partial charge is 0.308 e. The molecule has 0 saturated carbocycles. The van der Waals surface area contributed by atoms with Crippen molar-refractivity contribution in [3.8, 4) is 0 Å². The number of hydrogen-bond donors (Lipinski definition) is 2. The Hall–Kier alpha value is -1.02. The number of rotatable bonds is 7. The van der Waals surface area contributed by atoms with Gasteiger partial charge in [0, 0.05) is 16.6 Å². The second-order valence-corrected chi connectivity index (χ2v) is 7.07. The fourth-order valence-corrected chi connectivity index (χ4v) is 3.28. The van der Waals surface area contributed by atoms with Crippen LogP contribution in [0.1, 0.15) is 31.7 Å². The molecule has 1 heterocycles. The van der Waals surface area contributed by atoms with Crippen LogP contribution in [0.3, 0.4) is 0 Å². The number of nitrogens with two attached hydrogens (primary N) is 1. The van der Waals surface area contributed by atoms with Crippen LogP contribution in [0.5, 0.6) is 0 Å². The summed E-state index contributed by atoms with van der Waals surface area (Å²) in [5, 5.41) is 9.61. The molecule has 1 fully saturated rings. The molecule has 2 rings (SSSR count). The predicted octanol–water partition coefficient (Wildman–Crippen LogP) is 3.05. The summed E-state index contributed by atoms with van der Waals surface area (Å²) in [5.74, 6) is -2.54. The molecule has 1 saturated heterocycles. The van der Waals surface area contributed by atoms with E-state index >= 15 is 0 Å². The minimum atomic E-state index is -1.42. The van der Waals surface area contributed by atoms with Crippen molar-refractivity contribution in [3.63, 3.8) is 0 Å². The number of ether oxygens (including phenoxy) is 2. The van der Waals surface area contributed by atoms with Gasteiger partial charge >= 0.3 is 5.97 Å². The largest absolute Gasteiger partial charge is 0.481 e. The number of carboxylic acids is 1. The third-order valence-electron chi connectivity index (χ3n) is 4.35. The number of hydrogen-bond acceptors (Lipinski definition) is 4. The number of halogens is 2. The zero-order valence-electron chi connectivity index (χ0n) is 13.6. The van der Waals surface area contributed by atoms with Crippen LogP contribution in [0.15, 0.2) is 22.7 Å². The number of benzene rings is 1. The van der Waals surface area contributed by atoms with Crippen LogP contribution >= 0.6 is 15.9 Å². The molecule has 0 spiro atoms. The van der Waals surface area contributed by atoms with Crippen molar-refractivity contribution in [2.24, 2.45) is 11.7 Å². The van der Waals surface area contributed by atoms with Crippen LogP contribution in [0.4, 0.5) is 4.39 Å². The molecule has 1 aliphatic rings. The van der Waals surface area contributed by atoms with E-state index in [2.05, 4.69) is 22.9 Å². The molecule has 7 heteroatoms. The summed E-state index contributed by atoms with van der Waals surface area (Å²) in [6, 6.07) is 4.34. The molecule has 0 unspecified atom stereocenters. The van der Waals surface area contributed by atoms with Crippen LogP contribution < -0.4 is 5.73 Å². The highest BCUT2D eigenvalue weighted by atomic mass is 79.9. The molecule has 0 bridgehead atoms. The van der Waals surface area contributed by atoms with E-state index < -0.39 is 23.2 Å². The Morgan fingerprint density at radius 3 is 3.00 bits per heavy atom. The third-order valence-corrected chi connectivity index (χ3v) is 4.85. The zero-order valence-corrected chi connectivity index (χ0v) is 15.2.